The van der Waals surface area contributed by atoms with Gasteiger partial charge in [-0.2, -0.15) is 0 Å². The van der Waals surface area contributed by atoms with Gasteiger partial charge in [0.05, 0.1) is 0 Å². The van der Waals surface area contributed by atoms with Gasteiger partial charge in [-0.15, -0.1) is 0 Å². The number of amides is 1. The molecule has 3 rings (SSSR count). The standard InChI is InChI=1S/C19H31N5OS/c1-22-8-10-24(11-9-22)18(25)6-5-16-4-3-7-23(14-16)15-17-12-20-19(26-2)21-13-17/h12-13,16H,3-11,14-15H2,1-2H3. The van der Waals surface area contributed by atoms with Crippen molar-refractivity contribution in [3.8, 4) is 0 Å². The number of likely N-dealkylation sites (N-methyl/N-ethyl adjacent to an activating group) is 1. The summed E-state index contributed by atoms with van der Waals surface area (Å²) in [6.45, 7) is 6.90. The molecule has 0 radical (unpaired) electrons. The monoisotopic (exact) mass is 377 g/mol. The summed E-state index contributed by atoms with van der Waals surface area (Å²) >= 11 is 1.57. The van der Waals surface area contributed by atoms with E-state index in [0.717, 1.165) is 57.4 Å². The topological polar surface area (TPSA) is 52.6 Å². The van der Waals surface area contributed by atoms with Crippen LogP contribution in [0.15, 0.2) is 17.6 Å². The summed E-state index contributed by atoms with van der Waals surface area (Å²) < 4.78 is 0. The highest BCUT2D eigenvalue weighted by Gasteiger charge is 2.23. The predicted molar refractivity (Wildman–Crippen MR) is 105 cm³/mol. The summed E-state index contributed by atoms with van der Waals surface area (Å²) in [7, 11) is 2.12. The molecule has 6 nitrogen and oxygen atoms in total. The van der Waals surface area contributed by atoms with E-state index in [0.29, 0.717) is 18.2 Å². The molecule has 2 aliphatic rings. The fourth-order valence-electron chi connectivity index (χ4n) is 3.86. The third kappa shape index (κ3) is 5.66. The lowest BCUT2D eigenvalue weighted by molar-refractivity contribution is -0.133. The predicted octanol–water partition coefficient (Wildman–Crippen LogP) is 1.96. The lowest BCUT2D eigenvalue weighted by atomic mass is 9.93. The number of carbonyl (C=O) groups excluding carboxylic acids is 1. The van der Waals surface area contributed by atoms with Crippen LogP contribution in [0.25, 0.3) is 0 Å². The van der Waals surface area contributed by atoms with Gasteiger partial charge in [0.15, 0.2) is 5.16 Å². The van der Waals surface area contributed by atoms with Crippen molar-refractivity contribution in [2.45, 2.75) is 37.4 Å². The second-order valence-corrected chi connectivity index (χ2v) is 8.32. The Kier molecular flexibility index (Phi) is 7.28. The van der Waals surface area contributed by atoms with E-state index in [-0.39, 0.29) is 0 Å². The summed E-state index contributed by atoms with van der Waals surface area (Å²) in [5, 5.41) is 0.827. The molecule has 0 saturated carbocycles. The quantitative estimate of drug-likeness (QED) is 0.558. The third-order valence-electron chi connectivity index (χ3n) is 5.50. The Bertz CT molecular complexity index is 574. The Morgan fingerprint density at radius 1 is 1.19 bits per heavy atom. The van der Waals surface area contributed by atoms with Crippen LogP contribution in [0.5, 0.6) is 0 Å². The Morgan fingerprint density at radius 2 is 1.92 bits per heavy atom. The number of piperazine rings is 1. The number of rotatable bonds is 6. The molecule has 7 heteroatoms. The van der Waals surface area contributed by atoms with Crippen molar-refractivity contribution >= 4 is 17.7 Å². The first-order chi connectivity index (χ1) is 12.6. The van der Waals surface area contributed by atoms with Crippen LogP contribution in [0.2, 0.25) is 0 Å². The smallest absolute Gasteiger partial charge is 0.222 e. The fraction of sp³-hybridized carbons (Fsp3) is 0.737. The average Bonchev–Trinajstić information content (AvgIpc) is 2.67. The largest absolute Gasteiger partial charge is 0.340 e. The van der Waals surface area contributed by atoms with Crippen LogP contribution in [0.1, 0.15) is 31.2 Å². The summed E-state index contributed by atoms with van der Waals surface area (Å²) in [5.41, 5.74) is 1.18. The van der Waals surface area contributed by atoms with E-state index in [1.807, 2.05) is 23.5 Å². The maximum atomic E-state index is 12.5. The van der Waals surface area contributed by atoms with Gasteiger partial charge in [-0.25, -0.2) is 9.97 Å². The number of hydrogen-bond acceptors (Lipinski definition) is 6. The van der Waals surface area contributed by atoms with Gasteiger partial charge in [-0.1, -0.05) is 11.8 Å². The van der Waals surface area contributed by atoms with Crippen LogP contribution >= 0.6 is 11.8 Å². The van der Waals surface area contributed by atoms with Crippen molar-refractivity contribution in [2.75, 3.05) is 52.6 Å². The van der Waals surface area contributed by atoms with Gasteiger partial charge in [-0.05, 0) is 45.0 Å². The second kappa shape index (κ2) is 9.67. The molecule has 144 valence electrons. The third-order valence-corrected chi connectivity index (χ3v) is 6.07. The minimum absolute atomic E-state index is 0.344. The van der Waals surface area contributed by atoms with E-state index in [2.05, 4.69) is 26.8 Å². The molecule has 1 atom stereocenters. The van der Waals surface area contributed by atoms with Crippen LogP contribution in [-0.4, -0.2) is 83.1 Å². The van der Waals surface area contributed by atoms with Gasteiger partial charge < -0.3 is 9.80 Å². The molecular weight excluding hydrogens is 346 g/mol. The molecule has 0 N–H and O–H groups in total. The van der Waals surface area contributed by atoms with Crippen molar-refractivity contribution in [3.63, 3.8) is 0 Å². The number of thioether (sulfide) groups is 1. The molecule has 0 spiro atoms. The number of piperidine rings is 1. The number of nitrogens with zero attached hydrogens (tertiary/aromatic N) is 5. The van der Waals surface area contributed by atoms with Crippen LogP contribution in [0.4, 0.5) is 0 Å². The fourth-order valence-corrected chi connectivity index (χ4v) is 4.18. The van der Waals surface area contributed by atoms with Crippen LogP contribution in [-0.2, 0) is 11.3 Å². The summed E-state index contributed by atoms with van der Waals surface area (Å²) in [5.74, 6) is 0.975. The van der Waals surface area contributed by atoms with Crippen molar-refractivity contribution in [1.29, 1.82) is 0 Å². The highest BCUT2D eigenvalue weighted by atomic mass is 32.2. The van der Waals surface area contributed by atoms with E-state index in [9.17, 15) is 4.79 Å². The first-order valence-electron chi connectivity index (χ1n) is 9.67. The molecule has 1 amide bonds. The zero-order chi connectivity index (χ0) is 18.4. The molecule has 2 fully saturated rings. The molecule has 26 heavy (non-hydrogen) atoms. The van der Waals surface area contributed by atoms with E-state index < -0.39 is 0 Å². The summed E-state index contributed by atoms with van der Waals surface area (Å²) in [6, 6.07) is 0. The van der Waals surface area contributed by atoms with Gasteiger partial charge in [0, 0.05) is 63.6 Å². The van der Waals surface area contributed by atoms with Crippen molar-refractivity contribution in [1.82, 2.24) is 24.7 Å². The summed E-state index contributed by atoms with van der Waals surface area (Å²) in [4.78, 5) is 28.0. The van der Waals surface area contributed by atoms with Gasteiger partial charge >= 0.3 is 0 Å². The maximum absolute atomic E-state index is 12.5. The lowest BCUT2D eigenvalue weighted by Gasteiger charge is -2.34. The molecule has 2 aliphatic heterocycles. The Morgan fingerprint density at radius 3 is 2.62 bits per heavy atom. The first kappa shape index (κ1) is 19.6. The van der Waals surface area contributed by atoms with Gasteiger partial charge in [-0.3, -0.25) is 9.69 Å². The van der Waals surface area contributed by atoms with Gasteiger partial charge in [0.1, 0.15) is 0 Å². The number of hydrogen-bond donors (Lipinski definition) is 0. The van der Waals surface area contributed by atoms with Crippen LogP contribution in [0, 0.1) is 5.92 Å². The molecule has 1 aromatic heterocycles. The number of carbonyl (C=O) groups is 1. The molecular formula is C19H31N5OS. The minimum Gasteiger partial charge on any atom is -0.340 e. The molecule has 1 unspecified atom stereocenters. The maximum Gasteiger partial charge on any atom is 0.222 e. The van der Waals surface area contributed by atoms with E-state index >= 15 is 0 Å². The summed E-state index contributed by atoms with van der Waals surface area (Å²) in [6.07, 6.45) is 10.1. The van der Waals surface area contributed by atoms with Crippen LogP contribution < -0.4 is 0 Å². The number of aromatic nitrogens is 2. The van der Waals surface area contributed by atoms with E-state index in [1.54, 1.807) is 11.8 Å². The van der Waals surface area contributed by atoms with Gasteiger partial charge in [0.2, 0.25) is 5.91 Å². The molecule has 1 aromatic rings. The average molecular weight is 378 g/mol. The highest BCUT2D eigenvalue weighted by molar-refractivity contribution is 7.98. The van der Waals surface area contributed by atoms with Crippen LogP contribution in [0.3, 0.4) is 0 Å². The Balaban J connectivity index is 1.42. The second-order valence-electron chi connectivity index (χ2n) is 7.54. The Hall–Kier alpha value is -1.18. The minimum atomic E-state index is 0.344. The van der Waals surface area contributed by atoms with Gasteiger partial charge in [0.25, 0.3) is 0 Å². The van der Waals surface area contributed by atoms with Crippen molar-refractivity contribution in [3.05, 3.63) is 18.0 Å². The van der Waals surface area contributed by atoms with E-state index in [4.69, 9.17) is 0 Å². The molecule has 0 aliphatic carbocycles. The van der Waals surface area contributed by atoms with Crippen molar-refractivity contribution in [2.24, 2.45) is 5.92 Å². The lowest BCUT2D eigenvalue weighted by Crippen LogP contribution is -2.47. The highest BCUT2D eigenvalue weighted by Crippen LogP contribution is 2.23. The number of likely N-dealkylation sites (tertiary alicyclic amines) is 1. The first-order valence-corrected chi connectivity index (χ1v) is 10.9. The van der Waals surface area contributed by atoms with Crippen molar-refractivity contribution < 1.29 is 4.79 Å². The Labute approximate surface area is 161 Å². The van der Waals surface area contributed by atoms with E-state index in [1.165, 1.54) is 18.4 Å². The zero-order valence-electron chi connectivity index (χ0n) is 16.1. The molecule has 0 aromatic carbocycles. The molecule has 0 bridgehead atoms. The normalized spacial score (nSPS) is 22.5. The molecule has 3 heterocycles. The SMILES string of the molecule is CSc1ncc(CN2CCCC(CCC(=O)N3CCN(C)CC3)C2)cn1. The zero-order valence-corrected chi connectivity index (χ0v) is 16.9. The molecule has 2 saturated heterocycles.